The van der Waals surface area contributed by atoms with Gasteiger partial charge in [0.25, 0.3) is 0 Å². The summed E-state index contributed by atoms with van der Waals surface area (Å²) in [7, 11) is 0. The first kappa shape index (κ1) is 17.5. The van der Waals surface area contributed by atoms with Gasteiger partial charge in [0.1, 0.15) is 5.76 Å². The molecule has 1 unspecified atom stereocenters. The van der Waals surface area contributed by atoms with Crippen molar-refractivity contribution in [2.24, 2.45) is 11.8 Å². The highest BCUT2D eigenvalue weighted by atomic mass is 16.3. The lowest BCUT2D eigenvalue weighted by molar-refractivity contribution is -0.143. The zero-order valence-corrected chi connectivity index (χ0v) is 14.8. The van der Waals surface area contributed by atoms with Gasteiger partial charge in [-0.3, -0.25) is 14.4 Å². The molecule has 0 aromatic carbocycles. The Morgan fingerprint density at radius 3 is 2.48 bits per heavy atom. The Balaban J connectivity index is 1.52. The number of rotatable bonds is 4. The normalized spacial score (nSPS) is 21.3. The Hall–Kier alpha value is -2.31. The average Bonchev–Trinajstić information content (AvgIpc) is 3.24. The highest BCUT2D eigenvalue weighted by molar-refractivity contribution is 5.89. The van der Waals surface area contributed by atoms with Crippen molar-refractivity contribution < 1.29 is 18.8 Å². The van der Waals surface area contributed by atoms with E-state index in [-0.39, 0.29) is 36.0 Å². The molecule has 0 radical (unpaired) electrons. The fraction of sp³-hybridized carbons (Fsp3) is 0.611. The summed E-state index contributed by atoms with van der Waals surface area (Å²) in [6, 6.07) is 3.61. The second-order valence-corrected chi connectivity index (χ2v) is 7.06. The van der Waals surface area contributed by atoms with E-state index in [2.05, 4.69) is 0 Å². The van der Waals surface area contributed by atoms with Crippen molar-refractivity contribution in [3.8, 4) is 0 Å². The van der Waals surface area contributed by atoms with E-state index in [1.807, 2.05) is 24.8 Å². The van der Waals surface area contributed by atoms with Crippen molar-refractivity contribution in [1.29, 1.82) is 0 Å². The van der Waals surface area contributed by atoms with E-state index in [0.717, 1.165) is 5.76 Å². The number of piperazine rings is 1. The highest BCUT2D eigenvalue weighted by Gasteiger charge is 2.37. The molecule has 2 aliphatic heterocycles. The molecule has 3 heterocycles. The van der Waals surface area contributed by atoms with E-state index in [1.54, 1.807) is 22.1 Å². The van der Waals surface area contributed by atoms with Crippen molar-refractivity contribution in [1.82, 2.24) is 14.7 Å². The lowest BCUT2D eigenvalue weighted by Crippen LogP contribution is -2.53. The molecule has 1 atom stereocenters. The SMILES string of the molecule is CC(C)C(=O)N1CCN(C(=O)C2CC(=O)N(Cc3ccco3)C2)CC1. The number of nitrogens with zero attached hydrogens (tertiary/aromatic N) is 3. The van der Waals surface area contributed by atoms with Crippen LogP contribution in [-0.4, -0.2) is 65.1 Å². The zero-order chi connectivity index (χ0) is 18.0. The van der Waals surface area contributed by atoms with Crippen LogP contribution in [0.2, 0.25) is 0 Å². The van der Waals surface area contributed by atoms with E-state index in [9.17, 15) is 14.4 Å². The molecule has 0 spiro atoms. The quantitative estimate of drug-likeness (QED) is 0.813. The van der Waals surface area contributed by atoms with Crippen LogP contribution in [0.5, 0.6) is 0 Å². The molecule has 136 valence electrons. The lowest BCUT2D eigenvalue weighted by Gasteiger charge is -2.36. The summed E-state index contributed by atoms with van der Waals surface area (Å²) in [5.41, 5.74) is 0. The summed E-state index contributed by atoms with van der Waals surface area (Å²) < 4.78 is 5.28. The molecule has 25 heavy (non-hydrogen) atoms. The van der Waals surface area contributed by atoms with Gasteiger partial charge in [0.2, 0.25) is 17.7 Å². The average molecular weight is 347 g/mol. The van der Waals surface area contributed by atoms with Crippen LogP contribution in [0, 0.1) is 11.8 Å². The van der Waals surface area contributed by atoms with Gasteiger partial charge in [-0.25, -0.2) is 0 Å². The van der Waals surface area contributed by atoms with E-state index in [1.165, 1.54) is 0 Å². The molecule has 0 aliphatic carbocycles. The predicted molar refractivity (Wildman–Crippen MR) is 90.2 cm³/mol. The van der Waals surface area contributed by atoms with E-state index in [0.29, 0.717) is 39.3 Å². The Kier molecular flexibility index (Phi) is 5.11. The van der Waals surface area contributed by atoms with E-state index in [4.69, 9.17) is 4.42 Å². The van der Waals surface area contributed by atoms with Gasteiger partial charge in [-0.05, 0) is 12.1 Å². The topological polar surface area (TPSA) is 74.1 Å². The molecule has 1 aromatic heterocycles. The van der Waals surface area contributed by atoms with Crippen molar-refractivity contribution in [2.75, 3.05) is 32.7 Å². The van der Waals surface area contributed by atoms with Gasteiger partial charge in [0.05, 0.1) is 18.7 Å². The van der Waals surface area contributed by atoms with Gasteiger partial charge in [-0.2, -0.15) is 0 Å². The summed E-state index contributed by atoms with van der Waals surface area (Å²) >= 11 is 0. The first-order valence-corrected chi connectivity index (χ1v) is 8.83. The lowest BCUT2D eigenvalue weighted by atomic mass is 10.1. The minimum Gasteiger partial charge on any atom is -0.467 e. The van der Waals surface area contributed by atoms with Crippen LogP contribution in [0.15, 0.2) is 22.8 Å². The molecule has 7 nitrogen and oxygen atoms in total. The van der Waals surface area contributed by atoms with Crippen LogP contribution in [0.4, 0.5) is 0 Å². The number of carbonyl (C=O) groups excluding carboxylic acids is 3. The maximum absolute atomic E-state index is 12.7. The Labute approximate surface area is 147 Å². The summed E-state index contributed by atoms with van der Waals surface area (Å²) in [6.45, 7) is 6.84. The first-order chi connectivity index (χ1) is 12.0. The standard InChI is InChI=1S/C18H25N3O4/c1-13(2)17(23)19-5-7-20(8-6-19)18(24)14-10-16(22)21(11-14)12-15-4-3-9-25-15/h3-4,9,13-14H,5-8,10-12H2,1-2H3. The van der Waals surface area contributed by atoms with Gasteiger partial charge in [-0.1, -0.05) is 13.8 Å². The Morgan fingerprint density at radius 2 is 1.88 bits per heavy atom. The largest absolute Gasteiger partial charge is 0.467 e. The summed E-state index contributed by atoms with van der Waals surface area (Å²) in [4.78, 5) is 42.2. The number of likely N-dealkylation sites (tertiary alicyclic amines) is 1. The van der Waals surface area contributed by atoms with Crippen LogP contribution in [0.1, 0.15) is 26.0 Å². The molecular weight excluding hydrogens is 322 g/mol. The van der Waals surface area contributed by atoms with Crippen LogP contribution in [0.25, 0.3) is 0 Å². The molecule has 0 saturated carbocycles. The minimum absolute atomic E-state index is 0.0108. The molecule has 0 N–H and O–H groups in total. The van der Waals surface area contributed by atoms with Crippen molar-refractivity contribution >= 4 is 17.7 Å². The molecule has 2 fully saturated rings. The number of hydrogen-bond acceptors (Lipinski definition) is 4. The van der Waals surface area contributed by atoms with Crippen molar-refractivity contribution in [2.45, 2.75) is 26.8 Å². The molecule has 7 heteroatoms. The fourth-order valence-corrected chi connectivity index (χ4v) is 3.45. The molecule has 1 aromatic rings. The second-order valence-electron chi connectivity index (χ2n) is 7.06. The maximum Gasteiger partial charge on any atom is 0.228 e. The third kappa shape index (κ3) is 3.86. The maximum atomic E-state index is 12.7. The number of carbonyl (C=O) groups is 3. The van der Waals surface area contributed by atoms with E-state index < -0.39 is 0 Å². The molecule has 3 rings (SSSR count). The molecular formula is C18H25N3O4. The summed E-state index contributed by atoms with van der Waals surface area (Å²) in [6.07, 6.45) is 1.83. The Bertz CT molecular complexity index is 633. The summed E-state index contributed by atoms with van der Waals surface area (Å²) in [5, 5.41) is 0. The van der Waals surface area contributed by atoms with E-state index >= 15 is 0 Å². The van der Waals surface area contributed by atoms with Gasteiger partial charge >= 0.3 is 0 Å². The van der Waals surface area contributed by atoms with Crippen LogP contribution >= 0.6 is 0 Å². The number of amides is 3. The smallest absolute Gasteiger partial charge is 0.228 e. The third-order valence-corrected chi connectivity index (χ3v) is 4.89. The third-order valence-electron chi connectivity index (χ3n) is 4.89. The molecule has 0 bridgehead atoms. The van der Waals surface area contributed by atoms with Gasteiger partial charge in [-0.15, -0.1) is 0 Å². The first-order valence-electron chi connectivity index (χ1n) is 8.83. The monoisotopic (exact) mass is 347 g/mol. The van der Waals surface area contributed by atoms with Crippen LogP contribution in [-0.2, 0) is 20.9 Å². The van der Waals surface area contributed by atoms with Gasteiger partial charge < -0.3 is 19.1 Å². The van der Waals surface area contributed by atoms with Crippen molar-refractivity contribution in [3.63, 3.8) is 0 Å². The fourth-order valence-electron chi connectivity index (χ4n) is 3.45. The summed E-state index contributed by atoms with van der Waals surface area (Å²) in [5.74, 6) is 0.546. The molecule has 2 saturated heterocycles. The van der Waals surface area contributed by atoms with Gasteiger partial charge in [0.15, 0.2) is 0 Å². The molecule has 3 amide bonds. The highest BCUT2D eigenvalue weighted by Crippen LogP contribution is 2.23. The van der Waals surface area contributed by atoms with Crippen LogP contribution < -0.4 is 0 Å². The second kappa shape index (κ2) is 7.29. The number of hydrogen-bond donors (Lipinski definition) is 0. The van der Waals surface area contributed by atoms with Gasteiger partial charge in [0, 0.05) is 45.1 Å². The minimum atomic E-state index is -0.296. The Morgan fingerprint density at radius 1 is 1.20 bits per heavy atom. The zero-order valence-electron chi connectivity index (χ0n) is 14.8. The number of furan rings is 1. The van der Waals surface area contributed by atoms with Crippen molar-refractivity contribution in [3.05, 3.63) is 24.2 Å². The van der Waals surface area contributed by atoms with Crippen LogP contribution in [0.3, 0.4) is 0 Å². The predicted octanol–water partition coefficient (Wildman–Crippen LogP) is 0.955. The molecule has 2 aliphatic rings.